The lowest BCUT2D eigenvalue weighted by molar-refractivity contribution is -0.142. The maximum atomic E-state index is 13.0. The molecule has 0 aliphatic rings. The van der Waals surface area contributed by atoms with E-state index in [9.17, 15) is 14.0 Å². The van der Waals surface area contributed by atoms with Gasteiger partial charge in [-0.15, -0.1) is 0 Å². The van der Waals surface area contributed by atoms with Crippen LogP contribution in [0.4, 0.5) is 4.39 Å². The van der Waals surface area contributed by atoms with Crippen molar-refractivity contribution in [1.29, 1.82) is 0 Å². The van der Waals surface area contributed by atoms with E-state index in [1.54, 1.807) is 25.1 Å². The molecule has 2 rings (SSSR count). The van der Waals surface area contributed by atoms with Gasteiger partial charge in [-0.3, -0.25) is 9.59 Å². The Kier molecular flexibility index (Phi) is 7.81. The molecule has 0 bridgehead atoms. The molecule has 0 aliphatic carbocycles. The second-order valence-corrected chi connectivity index (χ2v) is 7.10. The van der Waals surface area contributed by atoms with Crippen LogP contribution in [0, 0.1) is 5.82 Å². The van der Waals surface area contributed by atoms with Crippen molar-refractivity contribution in [3.05, 3.63) is 64.9 Å². The normalized spacial score (nSPS) is 11.8. The Morgan fingerprint density at radius 3 is 2.36 bits per heavy atom. The van der Waals surface area contributed by atoms with Crippen LogP contribution in [0.2, 0.25) is 5.02 Å². The average Bonchev–Trinajstić information content (AvgIpc) is 2.65. The molecule has 28 heavy (non-hydrogen) atoms. The maximum absolute atomic E-state index is 13.0. The van der Waals surface area contributed by atoms with E-state index in [1.807, 2.05) is 19.9 Å². The minimum atomic E-state index is -0.719. The van der Waals surface area contributed by atoms with Crippen LogP contribution in [-0.4, -0.2) is 35.4 Å². The molecule has 150 valence electrons. The van der Waals surface area contributed by atoms with Gasteiger partial charge in [-0.2, -0.15) is 0 Å². The van der Waals surface area contributed by atoms with Crippen molar-refractivity contribution in [2.24, 2.45) is 0 Å². The summed E-state index contributed by atoms with van der Waals surface area (Å²) in [6.45, 7) is 5.24. The molecule has 0 fully saturated rings. The van der Waals surface area contributed by atoms with Gasteiger partial charge in [0.25, 0.3) is 5.91 Å². The average molecular weight is 407 g/mol. The number of ether oxygens (including phenoxy) is 1. The van der Waals surface area contributed by atoms with Crippen molar-refractivity contribution in [2.45, 2.75) is 39.4 Å². The van der Waals surface area contributed by atoms with E-state index < -0.39 is 11.9 Å². The highest BCUT2D eigenvalue weighted by atomic mass is 35.5. The van der Waals surface area contributed by atoms with Crippen molar-refractivity contribution < 1.29 is 18.7 Å². The molecule has 5 nitrogen and oxygen atoms in total. The Bertz CT molecular complexity index is 812. The summed E-state index contributed by atoms with van der Waals surface area (Å²) in [6, 6.07) is 11.8. The summed E-state index contributed by atoms with van der Waals surface area (Å²) in [5, 5.41) is 3.32. The van der Waals surface area contributed by atoms with Crippen LogP contribution < -0.4 is 10.1 Å². The minimum absolute atomic E-state index is 0.0531. The van der Waals surface area contributed by atoms with E-state index in [2.05, 4.69) is 5.32 Å². The SMILES string of the molecule is CC(C)NC(=O)[C@H](C)N(Cc1ccccc1Cl)C(=O)COc1ccc(F)cc1. The fourth-order valence-corrected chi connectivity index (χ4v) is 2.75. The number of rotatable bonds is 8. The standard InChI is InChI=1S/C21H24ClFN2O3/c1-14(2)24-21(27)15(3)25(12-16-6-4-5-7-19(16)22)20(26)13-28-18-10-8-17(23)9-11-18/h4-11,14-15H,12-13H2,1-3H3,(H,24,27)/t15-/m0/s1. The molecule has 2 amide bonds. The zero-order valence-electron chi connectivity index (χ0n) is 16.1. The number of amides is 2. The molecule has 0 unspecified atom stereocenters. The second kappa shape index (κ2) is 10.1. The summed E-state index contributed by atoms with van der Waals surface area (Å²) >= 11 is 6.22. The number of nitrogens with zero attached hydrogens (tertiary/aromatic N) is 1. The Hall–Kier alpha value is -2.60. The van der Waals surface area contributed by atoms with E-state index in [1.165, 1.54) is 29.2 Å². The molecule has 1 N–H and O–H groups in total. The van der Waals surface area contributed by atoms with Gasteiger partial charge in [0.1, 0.15) is 17.6 Å². The van der Waals surface area contributed by atoms with Crippen LogP contribution in [0.3, 0.4) is 0 Å². The van der Waals surface area contributed by atoms with Crippen molar-refractivity contribution >= 4 is 23.4 Å². The van der Waals surface area contributed by atoms with E-state index in [-0.39, 0.29) is 31.0 Å². The summed E-state index contributed by atoms with van der Waals surface area (Å²) in [4.78, 5) is 26.7. The monoisotopic (exact) mass is 406 g/mol. The van der Waals surface area contributed by atoms with Crippen LogP contribution in [0.25, 0.3) is 0 Å². The van der Waals surface area contributed by atoms with E-state index >= 15 is 0 Å². The zero-order valence-corrected chi connectivity index (χ0v) is 16.9. The van der Waals surface area contributed by atoms with Gasteiger partial charge < -0.3 is 15.0 Å². The Morgan fingerprint density at radius 2 is 1.75 bits per heavy atom. The molecule has 0 aliphatic heterocycles. The van der Waals surface area contributed by atoms with Crippen LogP contribution in [0.5, 0.6) is 5.75 Å². The second-order valence-electron chi connectivity index (χ2n) is 6.69. The van der Waals surface area contributed by atoms with Gasteiger partial charge >= 0.3 is 0 Å². The van der Waals surface area contributed by atoms with Crippen molar-refractivity contribution in [3.63, 3.8) is 0 Å². The lowest BCUT2D eigenvalue weighted by atomic mass is 10.1. The highest BCUT2D eigenvalue weighted by Crippen LogP contribution is 2.19. The summed E-state index contributed by atoms with van der Waals surface area (Å²) in [5.74, 6) is -0.669. The first kappa shape index (κ1) is 21.7. The number of hydrogen-bond donors (Lipinski definition) is 1. The number of benzene rings is 2. The lowest BCUT2D eigenvalue weighted by Crippen LogP contribution is -2.50. The van der Waals surface area contributed by atoms with Gasteiger partial charge in [0.05, 0.1) is 0 Å². The third-order valence-electron chi connectivity index (χ3n) is 4.07. The molecule has 2 aromatic rings. The van der Waals surface area contributed by atoms with Crippen molar-refractivity contribution in [2.75, 3.05) is 6.61 Å². The molecule has 7 heteroatoms. The fourth-order valence-electron chi connectivity index (χ4n) is 2.56. The molecular formula is C21H24ClFN2O3. The van der Waals surface area contributed by atoms with Crippen LogP contribution in [-0.2, 0) is 16.1 Å². The molecule has 0 saturated carbocycles. The summed E-state index contributed by atoms with van der Waals surface area (Å²) in [7, 11) is 0. The van der Waals surface area contributed by atoms with E-state index in [0.717, 1.165) is 5.56 Å². The van der Waals surface area contributed by atoms with Gasteiger partial charge in [-0.05, 0) is 56.7 Å². The van der Waals surface area contributed by atoms with E-state index in [0.29, 0.717) is 10.8 Å². The molecule has 0 radical (unpaired) electrons. The predicted molar refractivity (Wildman–Crippen MR) is 107 cm³/mol. The van der Waals surface area contributed by atoms with Gasteiger partial charge in [0.15, 0.2) is 6.61 Å². The minimum Gasteiger partial charge on any atom is -0.484 e. The highest BCUT2D eigenvalue weighted by molar-refractivity contribution is 6.31. The van der Waals surface area contributed by atoms with Crippen LogP contribution >= 0.6 is 11.6 Å². The smallest absolute Gasteiger partial charge is 0.261 e. The summed E-state index contributed by atoms with van der Waals surface area (Å²) in [6.07, 6.45) is 0. The third kappa shape index (κ3) is 6.23. The number of halogens is 2. The van der Waals surface area contributed by atoms with Gasteiger partial charge in [0.2, 0.25) is 5.91 Å². The number of carbonyl (C=O) groups is 2. The molecule has 0 saturated heterocycles. The topological polar surface area (TPSA) is 58.6 Å². The molecular weight excluding hydrogens is 383 g/mol. The number of carbonyl (C=O) groups excluding carboxylic acids is 2. The molecule has 0 aromatic heterocycles. The third-order valence-corrected chi connectivity index (χ3v) is 4.44. The first-order valence-corrected chi connectivity index (χ1v) is 9.37. The van der Waals surface area contributed by atoms with Crippen molar-refractivity contribution in [1.82, 2.24) is 10.2 Å². The molecule has 1 atom stereocenters. The first-order chi connectivity index (χ1) is 13.3. The number of nitrogens with one attached hydrogen (secondary N) is 1. The van der Waals surface area contributed by atoms with Gasteiger partial charge in [-0.25, -0.2) is 4.39 Å². The summed E-state index contributed by atoms with van der Waals surface area (Å²) in [5.41, 5.74) is 0.725. The summed E-state index contributed by atoms with van der Waals surface area (Å²) < 4.78 is 18.5. The lowest BCUT2D eigenvalue weighted by Gasteiger charge is -2.29. The van der Waals surface area contributed by atoms with Gasteiger partial charge in [-0.1, -0.05) is 29.8 Å². The van der Waals surface area contributed by atoms with Crippen LogP contribution in [0.15, 0.2) is 48.5 Å². The molecule has 0 spiro atoms. The largest absolute Gasteiger partial charge is 0.484 e. The Labute approximate surface area is 169 Å². The zero-order chi connectivity index (χ0) is 20.7. The molecule has 2 aromatic carbocycles. The van der Waals surface area contributed by atoms with Crippen molar-refractivity contribution in [3.8, 4) is 5.75 Å². The predicted octanol–water partition coefficient (Wildman–Crippen LogP) is 3.80. The quantitative estimate of drug-likeness (QED) is 0.725. The Balaban J connectivity index is 2.15. The molecule has 0 heterocycles. The number of hydrogen-bond acceptors (Lipinski definition) is 3. The Morgan fingerprint density at radius 1 is 1.11 bits per heavy atom. The van der Waals surface area contributed by atoms with Crippen LogP contribution in [0.1, 0.15) is 26.3 Å². The maximum Gasteiger partial charge on any atom is 0.261 e. The van der Waals surface area contributed by atoms with E-state index in [4.69, 9.17) is 16.3 Å². The fraction of sp³-hybridized carbons (Fsp3) is 0.333. The first-order valence-electron chi connectivity index (χ1n) is 8.99. The van der Waals surface area contributed by atoms with Gasteiger partial charge in [0, 0.05) is 17.6 Å². The highest BCUT2D eigenvalue weighted by Gasteiger charge is 2.27.